The number of hydrogen-bond donors (Lipinski definition) is 0. The topological polar surface area (TPSA) is 9.23 Å². The number of allylic oxidation sites excluding steroid dienone is 2. The minimum Gasteiger partial charge on any atom is -0.378 e. The van der Waals surface area contributed by atoms with Gasteiger partial charge in [-0.2, -0.15) is 0 Å². The highest BCUT2D eigenvalue weighted by Crippen LogP contribution is 2.36. The molecule has 3 aromatic carbocycles. The molecule has 4 rings (SSSR count). The van der Waals surface area contributed by atoms with Gasteiger partial charge in [0.2, 0.25) is 0 Å². The Kier molecular flexibility index (Phi) is 9.20. The van der Waals surface area contributed by atoms with Crippen molar-refractivity contribution in [2.75, 3.05) is 6.61 Å². The molecule has 1 nitrogen and oxygen atoms in total. The average molecular weight is 511 g/mol. The van der Waals surface area contributed by atoms with Crippen molar-refractivity contribution in [3.8, 4) is 22.3 Å². The molecule has 1 saturated heterocycles. The van der Waals surface area contributed by atoms with Gasteiger partial charge in [-0.1, -0.05) is 80.4 Å². The quantitative estimate of drug-likeness (QED) is 0.206. The zero-order valence-corrected chi connectivity index (χ0v) is 21.5. The van der Waals surface area contributed by atoms with Crippen LogP contribution in [0.1, 0.15) is 69.4 Å². The molecule has 37 heavy (non-hydrogen) atoms. The second-order valence-electron chi connectivity index (χ2n) is 9.79. The molecule has 2 unspecified atom stereocenters. The lowest BCUT2D eigenvalue weighted by molar-refractivity contribution is -0.00258. The monoisotopic (exact) mass is 510 g/mol. The van der Waals surface area contributed by atoms with Gasteiger partial charge in [-0.15, -0.1) is 0 Å². The molecule has 0 radical (unpaired) electrons. The maximum atomic E-state index is 15.1. The summed E-state index contributed by atoms with van der Waals surface area (Å²) < 4.78 is 65.5. The van der Waals surface area contributed by atoms with Gasteiger partial charge < -0.3 is 4.74 Å². The lowest BCUT2D eigenvalue weighted by atomic mass is 9.88. The number of unbranched alkanes of at least 4 members (excludes halogenated alkanes) is 1. The van der Waals surface area contributed by atoms with Crippen LogP contribution in [0.25, 0.3) is 22.3 Å². The van der Waals surface area contributed by atoms with Gasteiger partial charge in [0.1, 0.15) is 0 Å². The minimum absolute atomic E-state index is 0.135. The van der Waals surface area contributed by atoms with Crippen LogP contribution in [0.5, 0.6) is 0 Å². The molecule has 1 heterocycles. The van der Waals surface area contributed by atoms with Gasteiger partial charge in [0.05, 0.1) is 12.7 Å². The number of hydrogen-bond acceptors (Lipinski definition) is 1. The molecule has 196 valence electrons. The maximum absolute atomic E-state index is 15.1. The molecule has 1 fully saturated rings. The van der Waals surface area contributed by atoms with Gasteiger partial charge in [0.25, 0.3) is 0 Å². The van der Waals surface area contributed by atoms with Gasteiger partial charge in [0, 0.05) is 17.0 Å². The van der Waals surface area contributed by atoms with Crippen LogP contribution >= 0.6 is 0 Å². The fourth-order valence-corrected chi connectivity index (χ4v) is 5.05. The summed E-state index contributed by atoms with van der Waals surface area (Å²) in [5.74, 6) is -3.66. The second-order valence-corrected chi connectivity index (χ2v) is 9.79. The normalized spacial score (nSPS) is 18.0. The maximum Gasteiger partial charge on any atom is 0.166 e. The molecule has 3 aromatic rings. The lowest BCUT2D eigenvalue weighted by Crippen LogP contribution is -2.25. The number of rotatable bonds is 9. The van der Waals surface area contributed by atoms with Crippen molar-refractivity contribution in [2.24, 2.45) is 0 Å². The SMILES string of the molecule is CC=CCCc1ccc(-c2ccc(-c3ccc(C4CCC(CCCC)OC4)c(F)c3F)cc2)c(F)c1F. The van der Waals surface area contributed by atoms with Crippen molar-refractivity contribution in [2.45, 2.75) is 70.8 Å². The fraction of sp³-hybridized carbons (Fsp3) is 0.375. The summed E-state index contributed by atoms with van der Waals surface area (Å²) in [7, 11) is 0. The molecule has 0 bridgehead atoms. The van der Waals surface area contributed by atoms with Gasteiger partial charge in [-0.25, -0.2) is 17.6 Å². The van der Waals surface area contributed by atoms with Crippen LogP contribution in [0.15, 0.2) is 60.7 Å². The molecule has 0 amide bonds. The third-order valence-corrected chi connectivity index (χ3v) is 7.29. The lowest BCUT2D eigenvalue weighted by Gasteiger charge is -2.29. The highest BCUT2D eigenvalue weighted by molar-refractivity contribution is 5.71. The molecule has 0 spiro atoms. The summed E-state index contributed by atoms with van der Waals surface area (Å²) in [6.07, 6.45) is 9.88. The zero-order valence-electron chi connectivity index (χ0n) is 21.5. The first-order valence-corrected chi connectivity index (χ1v) is 13.2. The van der Waals surface area contributed by atoms with Crippen LogP contribution in [0.2, 0.25) is 0 Å². The Balaban J connectivity index is 1.50. The van der Waals surface area contributed by atoms with Gasteiger partial charge in [-0.3, -0.25) is 0 Å². The summed E-state index contributed by atoms with van der Waals surface area (Å²) in [4.78, 5) is 0. The van der Waals surface area contributed by atoms with Crippen LogP contribution in [-0.2, 0) is 11.2 Å². The molecule has 0 saturated carbocycles. The first kappa shape index (κ1) is 27.1. The second kappa shape index (κ2) is 12.6. The van der Waals surface area contributed by atoms with Crippen molar-refractivity contribution >= 4 is 0 Å². The van der Waals surface area contributed by atoms with E-state index in [4.69, 9.17) is 4.74 Å². The van der Waals surface area contributed by atoms with Crippen LogP contribution in [0.4, 0.5) is 17.6 Å². The third-order valence-electron chi connectivity index (χ3n) is 7.29. The van der Waals surface area contributed by atoms with E-state index >= 15 is 8.78 Å². The Morgan fingerprint density at radius 3 is 2.05 bits per heavy atom. The highest BCUT2D eigenvalue weighted by Gasteiger charge is 2.27. The number of aryl methyl sites for hydroxylation is 1. The number of ether oxygens (including phenoxy) is 1. The Labute approximate surface area is 217 Å². The van der Waals surface area contributed by atoms with E-state index in [9.17, 15) is 8.78 Å². The molecule has 2 atom stereocenters. The molecule has 1 aliphatic heterocycles. The summed E-state index contributed by atoms with van der Waals surface area (Å²) in [6.45, 7) is 4.42. The summed E-state index contributed by atoms with van der Waals surface area (Å²) >= 11 is 0. The predicted octanol–water partition coefficient (Wildman–Crippen LogP) is 9.54. The van der Waals surface area contributed by atoms with Crippen LogP contribution in [-0.4, -0.2) is 12.7 Å². The summed E-state index contributed by atoms with van der Waals surface area (Å²) in [5, 5.41) is 0. The van der Waals surface area contributed by atoms with Crippen LogP contribution in [0, 0.1) is 23.3 Å². The Bertz CT molecular complexity index is 1220. The van der Waals surface area contributed by atoms with E-state index in [1.54, 1.807) is 48.5 Å². The third kappa shape index (κ3) is 6.15. The smallest absolute Gasteiger partial charge is 0.166 e. The summed E-state index contributed by atoms with van der Waals surface area (Å²) in [5.41, 5.74) is 1.88. The van der Waals surface area contributed by atoms with Crippen molar-refractivity contribution in [1.29, 1.82) is 0 Å². The highest BCUT2D eigenvalue weighted by atomic mass is 19.2. The number of halogens is 4. The van der Waals surface area contributed by atoms with E-state index in [2.05, 4.69) is 6.92 Å². The zero-order chi connectivity index (χ0) is 26.4. The van der Waals surface area contributed by atoms with E-state index < -0.39 is 23.3 Å². The van der Waals surface area contributed by atoms with E-state index in [1.807, 2.05) is 19.1 Å². The molecular formula is C32H34F4O. The Hall–Kier alpha value is -2.92. The molecule has 0 N–H and O–H groups in total. The van der Waals surface area contributed by atoms with Crippen molar-refractivity contribution in [1.82, 2.24) is 0 Å². The van der Waals surface area contributed by atoms with Gasteiger partial charge >= 0.3 is 0 Å². The molecule has 0 aliphatic carbocycles. The van der Waals surface area contributed by atoms with E-state index in [1.165, 1.54) is 0 Å². The minimum atomic E-state index is -0.904. The van der Waals surface area contributed by atoms with Gasteiger partial charge in [-0.05, 0) is 61.3 Å². The Morgan fingerprint density at radius 1 is 0.811 bits per heavy atom. The van der Waals surface area contributed by atoms with Crippen molar-refractivity contribution in [3.63, 3.8) is 0 Å². The molecule has 0 aromatic heterocycles. The average Bonchev–Trinajstić information content (AvgIpc) is 2.92. The van der Waals surface area contributed by atoms with Crippen molar-refractivity contribution < 1.29 is 22.3 Å². The largest absolute Gasteiger partial charge is 0.378 e. The first-order valence-electron chi connectivity index (χ1n) is 13.2. The summed E-state index contributed by atoms with van der Waals surface area (Å²) in [6, 6.07) is 12.8. The molecular weight excluding hydrogens is 476 g/mol. The van der Waals surface area contributed by atoms with E-state index in [0.29, 0.717) is 41.7 Å². The first-order chi connectivity index (χ1) is 17.9. The predicted molar refractivity (Wildman–Crippen MR) is 142 cm³/mol. The molecule has 5 heteroatoms. The standard InChI is InChI=1S/C32H34F4O/c1-3-5-7-8-23-15-17-26(30(34)29(23)33)21-10-12-22(13-11-21)27-18-19-28(32(36)31(27)35)24-14-16-25(37-20-24)9-6-4-2/h3,5,10-13,15,17-19,24-25H,4,6-9,14,16,20H2,1-2H3. The molecule has 1 aliphatic rings. The van der Waals surface area contributed by atoms with E-state index in [0.717, 1.165) is 32.1 Å². The van der Waals surface area contributed by atoms with E-state index in [-0.39, 0.29) is 23.1 Å². The van der Waals surface area contributed by atoms with Crippen LogP contribution in [0.3, 0.4) is 0 Å². The number of benzene rings is 3. The van der Waals surface area contributed by atoms with Crippen molar-refractivity contribution in [3.05, 3.63) is 95.1 Å². The Morgan fingerprint density at radius 2 is 1.46 bits per heavy atom. The van der Waals surface area contributed by atoms with Gasteiger partial charge in [0.15, 0.2) is 23.3 Å². The fourth-order valence-electron chi connectivity index (χ4n) is 5.05. The van der Waals surface area contributed by atoms with Crippen LogP contribution < -0.4 is 0 Å².